The molecule has 0 amide bonds. The van der Waals surface area contributed by atoms with Crippen LogP contribution in [0.1, 0.15) is 28.9 Å². The Morgan fingerprint density at radius 3 is 2.71 bits per heavy atom. The molecule has 0 aliphatic carbocycles. The zero-order valence-electron chi connectivity index (χ0n) is 8.45. The van der Waals surface area contributed by atoms with E-state index in [1.54, 1.807) is 6.07 Å². The number of carboxylic acids is 1. The fourth-order valence-corrected chi connectivity index (χ4v) is 1.78. The van der Waals surface area contributed by atoms with Crippen LogP contribution < -0.4 is 0 Å². The predicted molar refractivity (Wildman–Crippen MR) is 57.9 cm³/mol. The molecule has 90 valence electrons. The average molecular weight is 305 g/mol. The number of aromatic nitrogens is 1. The Labute approximate surface area is 104 Å². The number of alkyl halides is 3. The third kappa shape index (κ3) is 3.20. The first-order valence-corrected chi connectivity index (χ1v) is 5.60. The Hall–Kier alpha value is -1.55. The van der Waals surface area contributed by atoms with Gasteiger partial charge < -0.3 is 5.11 Å². The summed E-state index contributed by atoms with van der Waals surface area (Å²) in [5.41, 5.74) is -0.436. The number of nitrogens with zero attached hydrogens (tertiary/aromatic N) is 2. The summed E-state index contributed by atoms with van der Waals surface area (Å²) in [6.45, 7) is 0. The van der Waals surface area contributed by atoms with E-state index in [1.165, 1.54) is 0 Å². The highest BCUT2D eigenvalue weighted by molar-refractivity contribution is 9.08. The molecule has 0 saturated carbocycles. The number of halogens is 3. The SMILES string of the molecule is N#Cc1nc(CBr)c(CC(=O)O)cc1C(F)F. The Morgan fingerprint density at radius 2 is 2.29 bits per heavy atom. The number of carboxylic acid groups (broad SMARTS) is 1. The van der Waals surface area contributed by atoms with E-state index in [-0.39, 0.29) is 22.3 Å². The van der Waals surface area contributed by atoms with Gasteiger partial charge in [0.1, 0.15) is 11.8 Å². The topological polar surface area (TPSA) is 74.0 Å². The van der Waals surface area contributed by atoms with Gasteiger partial charge in [0.05, 0.1) is 17.7 Å². The van der Waals surface area contributed by atoms with Crippen LogP contribution in [0.4, 0.5) is 8.78 Å². The summed E-state index contributed by atoms with van der Waals surface area (Å²) in [7, 11) is 0. The lowest BCUT2D eigenvalue weighted by atomic mass is 10.1. The van der Waals surface area contributed by atoms with Gasteiger partial charge in [-0.05, 0) is 11.6 Å². The molecule has 0 aliphatic heterocycles. The standard InChI is InChI=1S/C10H7BrF2N2O2/c11-3-7-5(2-9(16)17)1-6(10(12)13)8(4-14)15-7/h1,10H,2-3H2,(H,16,17). The maximum atomic E-state index is 12.6. The van der Waals surface area contributed by atoms with Crippen LogP contribution in [-0.2, 0) is 16.5 Å². The van der Waals surface area contributed by atoms with Crippen LogP contribution in [0.3, 0.4) is 0 Å². The van der Waals surface area contributed by atoms with Gasteiger partial charge in [0.25, 0.3) is 6.43 Å². The average Bonchev–Trinajstić information content (AvgIpc) is 2.27. The number of aliphatic carboxylic acids is 1. The number of carbonyl (C=O) groups is 1. The zero-order chi connectivity index (χ0) is 13.0. The molecule has 0 atom stereocenters. The summed E-state index contributed by atoms with van der Waals surface area (Å²) in [6.07, 6.45) is -3.26. The molecule has 7 heteroatoms. The number of pyridine rings is 1. The van der Waals surface area contributed by atoms with E-state index >= 15 is 0 Å². The van der Waals surface area contributed by atoms with Crippen LogP contribution in [0.5, 0.6) is 0 Å². The van der Waals surface area contributed by atoms with Crippen LogP contribution in [0.15, 0.2) is 6.07 Å². The van der Waals surface area contributed by atoms with E-state index in [2.05, 4.69) is 20.9 Å². The van der Waals surface area contributed by atoms with Crippen molar-refractivity contribution >= 4 is 21.9 Å². The van der Waals surface area contributed by atoms with Crippen molar-refractivity contribution < 1.29 is 18.7 Å². The number of hydrogen-bond acceptors (Lipinski definition) is 3. The van der Waals surface area contributed by atoms with Gasteiger partial charge >= 0.3 is 5.97 Å². The van der Waals surface area contributed by atoms with Crippen molar-refractivity contribution in [1.29, 1.82) is 5.26 Å². The normalized spacial score (nSPS) is 10.3. The third-order valence-electron chi connectivity index (χ3n) is 2.03. The fraction of sp³-hybridized carbons (Fsp3) is 0.300. The minimum Gasteiger partial charge on any atom is -0.481 e. The Balaban J connectivity index is 3.34. The van der Waals surface area contributed by atoms with Crippen LogP contribution in [0, 0.1) is 11.3 Å². The Bertz CT molecular complexity index is 486. The van der Waals surface area contributed by atoms with E-state index in [0.717, 1.165) is 6.07 Å². The second kappa shape index (κ2) is 5.68. The molecular formula is C10H7BrF2N2O2. The quantitative estimate of drug-likeness (QED) is 0.867. The molecule has 0 fully saturated rings. The summed E-state index contributed by atoms with van der Waals surface area (Å²) in [5.74, 6) is -1.14. The lowest BCUT2D eigenvalue weighted by Crippen LogP contribution is -2.08. The molecule has 1 N–H and O–H groups in total. The van der Waals surface area contributed by atoms with Crippen molar-refractivity contribution in [2.75, 3.05) is 0 Å². The second-order valence-electron chi connectivity index (χ2n) is 3.15. The van der Waals surface area contributed by atoms with Crippen molar-refractivity contribution in [3.05, 3.63) is 28.6 Å². The highest BCUT2D eigenvalue weighted by Gasteiger charge is 2.19. The van der Waals surface area contributed by atoms with Gasteiger partial charge in [-0.25, -0.2) is 13.8 Å². The summed E-state index contributed by atoms with van der Waals surface area (Å²) in [4.78, 5) is 14.3. The smallest absolute Gasteiger partial charge is 0.307 e. The lowest BCUT2D eigenvalue weighted by molar-refractivity contribution is -0.136. The first-order chi connectivity index (χ1) is 7.99. The molecule has 17 heavy (non-hydrogen) atoms. The van der Waals surface area contributed by atoms with Crippen molar-refractivity contribution in [2.24, 2.45) is 0 Å². The summed E-state index contributed by atoms with van der Waals surface area (Å²) < 4.78 is 25.2. The lowest BCUT2D eigenvalue weighted by Gasteiger charge is -2.09. The largest absolute Gasteiger partial charge is 0.481 e. The van der Waals surface area contributed by atoms with Gasteiger partial charge in [-0.2, -0.15) is 5.26 Å². The first kappa shape index (κ1) is 13.5. The first-order valence-electron chi connectivity index (χ1n) is 4.48. The molecule has 1 aromatic heterocycles. The number of nitriles is 1. The van der Waals surface area contributed by atoms with Crippen molar-refractivity contribution in [3.8, 4) is 6.07 Å². The van der Waals surface area contributed by atoms with Crippen LogP contribution in [0.25, 0.3) is 0 Å². The molecule has 0 aromatic carbocycles. The maximum Gasteiger partial charge on any atom is 0.307 e. The van der Waals surface area contributed by atoms with E-state index in [1.807, 2.05) is 0 Å². The van der Waals surface area contributed by atoms with E-state index in [4.69, 9.17) is 10.4 Å². The fourth-order valence-electron chi connectivity index (χ4n) is 1.30. The van der Waals surface area contributed by atoms with Gasteiger partial charge in [-0.15, -0.1) is 0 Å². The van der Waals surface area contributed by atoms with Crippen molar-refractivity contribution in [3.63, 3.8) is 0 Å². The van der Waals surface area contributed by atoms with E-state index in [0.29, 0.717) is 0 Å². The molecule has 0 bridgehead atoms. The molecule has 0 radical (unpaired) electrons. The monoisotopic (exact) mass is 304 g/mol. The molecule has 1 heterocycles. The van der Waals surface area contributed by atoms with Gasteiger partial charge in [0.15, 0.2) is 0 Å². The summed E-state index contributed by atoms with van der Waals surface area (Å²) >= 11 is 3.07. The van der Waals surface area contributed by atoms with Gasteiger partial charge in [-0.1, -0.05) is 15.9 Å². The molecule has 0 saturated heterocycles. The predicted octanol–water partition coefficient (Wildman–Crippen LogP) is 2.41. The molecule has 4 nitrogen and oxygen atoms in total. The van der Waals surface area contributed by atoms with Crippen molar-refractivity contribution in [1.82, 2.24) is 4.98 Å². The zero-order valence-corrected chi connectivity index (χ0v) is 10.0. The molecule has 1 aromatic rings. The van der Waals surface area contributed by atoms with E-state index < -0.39 is 24.4 Å². The highest BCUT2D eigenvalue weighted by atomic mass is 79.9. The highest BCUT2D eigenvalue weighted by Crippen LogP contribution is 2.25. The minimum atomic E-state index is -2.85. The van der Waals surface area contributed by atoms with Gasteiger partial charge in [-0.3, -0.25) is 4.79 Å². The molecule has 1 rings (SSSR count). The van der Waals surface area contributed by atoms with Crippen molar-refractivity contribution in [2.45, 2.75) is 18.2 Å². The minimum absolute atomic E-state index is 0.184. The molecule has 0 aliphatic rings. The number of hydrogen-bond donors (Lipinski definition) is 1. The van der Waals surface area contributed by atoms with Crippen LogP contribution >= 0.6 is 15.9 Å². The number of rotatable bonds is 4. The second-order valence-corrected chi connectivity index (χ2v) is 3.71. The van der Waals surface area contributed by atoms with Gasteiger partial charge in [0, 0.05) is 5.33 Å². The molecule has 0 unspecified atom stereocenters. The van der Waals surface area contributed by atoms with E-state index in [9.17, 15) is 13.6 Å². The summed E-state index contributed by atoms with van der Waals surface area (Å²) in [6, 6.07) is 2.60. The Morgan fingerprint density at radius 1 is 1.65 bits per heavy atom. The molecule has 0 spiro atoms. The van der Waals surface area contributed by atoms with Gasteiger partial charge in [0.2, 0.25) is 0 Å². The maximum absolute atomic E-state index is 12.6. The summed E-state index contributed by atoms with van der Waals surface area (Å²) in [5, 5.41) is 17.5. The van der Waals surface area contributed by atoms with Crippen LogP contribution in [-0.4, -0.2) is 16.1 Å². The molecular weight excluding hydrogens is 298 g/mol. The third-order valence-corrected chi connectivity index (χ3v) is 2.56. The van der Waals surface area contributed by atoms with Crippen LogP contribution in [0.2, 0.25) is 0 Å². The Kier molecular flexibility index (Phi) is 4.52.